The lowest BCUT2D eigenvalue weighted by Gasteiger charge is -2.30. The Balaban J connectivity index is 1.36. The van der Waals surface area contributed by atoms with Gasteiger partial charge in [0.1, 0.15) is 12.4 Å². The number of carbonyl (C=O) groups is 3. The molecule has 0 radical (unpaired) electrons. The molecule has 3 aromatic carbocycles. The van der Waals surface area contributed by atoms with Crippen LogP contribution in [0.3, 0.4) is 0 Å². The number of halogens is 1. The number of nitrogens with zero attached hydrogens (tertiary/aromatic N) is 4. The first kappa shape index (κ1) is 30.9. The molecular formula is C35H37FN6O4. The molecule has 4 aliphatic rings. The van der Waals surface area contributed by atoms with Crippen molar-refractivity contribution in [2.45, 2.75) is 45.7 Å². The van der Waals surface area contributed by atoms with Crippen LogP contribution in [-0.2, 0) is 9.59 Å². The largest absolute Gasteiger partial charge is 0.411 e. The van der Waals surface area contributed by atoms with Crippen LogP contribution in [0.4, 0.5) is 20.6 Å². The minimum Gasteiger partial charge on any atom is -0.411 e. The number of hydrogen-bond acceptors (Lipinski definition) is 6. The quantitative estimate of drug-likeness (QED) is 0.195. The summed E-state index contributed by atoms with van der Waals surface area (Å²) < 4.78 is 15.3. The van der Waals surface area contributed by atoms with E-state index < -0.39 is 23.9 Å². The van der Waals surface area contributed by atoms with Crippen LogP contribution in [0, 0.1) is 24.6 Å². The topological polar surface area (TPSA) is 127 Å². The highest BCUT2D eigenvalue weighted by molar-refractivity contribution is 6.21. The van der Waals surface area contributed by atoms with Crippen molar-refractivity contribution < 1.29 is 24.0 Å². The number of amides is 4. The minimum atomic E-state index is -1.47. The number of nitrogens with one attached hydrogen (secondary N) is 2. The monoisotopic (exact) mass is 624 g/mol. The summed E-state index contributed by atoms with van der Waals surface area (Å²) >= 11 is 0. The van der Waals surface area contributed by atoms with Crippen LogP contribution >= 0.6 is 0 Å². The predicted molar refractivity (Wildman–Crippen MR) is 174 cm³/mol. The van der Waals surface area contributed by atoms with Crippen LogP contribution < -0.4 is 15.5 Å². The van der Waals surface area contributed by atoms with Gasteiger partial charge in [-0.05, 0) is 81.2 Å². The number of para-hydroxylation sites is 1. The number of aryl methyl sites for hydroxylation is 1. The van der Waals surface area contributed by atoms with E-state index in [0.29, 0.717) is 58.7 Å². The summed E-state index contributed by atoms with van der Waals surface area (Å²) in [6.07, 6.45) is 2.95. The molecule has 11 heteroatoms. The van der Waals surface area contributed by atoms with Crippen LogP contribution in [0.5, 0.6) is 0 Å². The lowest BCUT2D eigenvalue weighted by atomic mass is 9.84. The molecule has 7 rings (SSSR count). The Morgan fingerprint density at radius 2 is 1.65 bits per heavy atom. The summed E-state index contributed by atoms with van der Waals surface area (Å²) in [6, 6.07) is 17.5. The van der Waals surface area contributed by atoms with Gasteiger partial charge in [-0.2, -0.15) is 0 Å². The number of anilines is 2. The molecule has 3 N–H and O–H groups in total. The molecule has 3 aromatic rings. The fourth-order valence-corrected chi connectivity index (χ4v) is 6.74. The van der Waals surface area contributed by atoms with Gasteiger partial charge in [-0.1, -0.05) is 47.6 Å². The van der Waals surface area contributed by atoms with Gasteiger partial charge in [-0.25, -0.2) is 14.2 Å². The Hall–Kier alpha value is -5.06. The van der Waals surface area contributed by atoms with E-state index in [0.717, 1.165) is 25.7 Å². The molecule has 2 saturated heterocycles. The van der Waals surface area contributed by atoms with Crippen molar-refractivity contribution in [2.75, 3.05) is 29.9 Å². The summed E-state index contributed by atoms with van der Waals surface area (Å²) in [6.45, 7) is 4.54. The predicted octanol–water partition coefficient (Wildman–Crippen LogP) is 5.31. The maximum Gasteiger partial charge on any atom is 0.321 e. The first-order chi connectivity index (χ1) is 22.2. The number of rotatable bonds is 6. The normalized spacial score (nSPS) is 21.2. The van der Waals surface area contributed by atoms with Crippen molar-refractivity contribution >= 4 is 40.6 Å². The molecule has 1 atom stereocenters. The van der Waals surface area contributed by atoms with Gasteiger partial charge >= 0.3 is 6.03 Å². The molecule has 0 spiro atoms. The van der Waals surface area contributed by atoms with E-state index >= 15 is 4.39 Å². The standard InChI is InChI=1S/C35H37FN6O4/c1-21-7-5-11-28-31(27-10-3-4-12-29(27)36)38-33(39-35(45)37-26-9-6-8-25(17-26)22(2)40-46)34(44)42(32(21)28)20-30(43)41-18-23-13-14-24(19-41)16-15-23/h3-12,17,23-24,33,46H,13-16,18-20H2,1-2H3,(H2,37,39,45). The summed E-state index contributed by atoms with van der Waals surface area (Å²) in [4.78, 5) is 49.6. The third-order valence-electron chi connectivity index (χ3n) is 9.18. The van der Waals surface area contributed by atoms with Gasteiger partial charge in [0.2, 0.25) is 12.1 Å². The zero-order chi connectivity index (χ0) is 32.4. The van der Waals surface area contributed by atoms with Gasteiger partial charge in [0.25, 0.3) is 5.91 Å². The van der Waals surface area contributed by atoms with Crippen molar-refractivity contribution in [3.63, 3.8) is 0 Å². The Morgan fingerprint density at radius 3 is 2.35 bits per heavy atom. The summed E-state index contributed by atoms with van der Waals surface area (Å²) in [5, 5.41) is 17.7. The first-order valence-electron chi connectivity index (χ1n) is 15.6. The molecule has 0 aromatic heterocycles. The highest BCUT2D eigenvalue weighted by Crippen LogP contribution is 2.35. The fourth-order valence-electron chi connectivity index (χ4n) is 6.74. The summed E-state index contributed by atoms with van der Waals surface area (Å²) in [5.41, 5.74) is 3.33. The van der Waals surface area contributed by atoms with Crippen molar-refractivity contribution in [1.29, 1.82) is 0 Å². The molecule has 3 heterocycles. The molecule has 3 fully saturated rings. The number of hydrogen-bond donors (Lipinski definition) is 3. The number of oxime groups is 1. The third kappa shape index (κ3) is 6.35. The molecule has 238 valence electrons. The van der Waals surface area contributed by atoms with Crippen LogP contribution in [-0.4, -0.2) is 65.2 Å². The molecule has 10 nitrogen and oxygen atoms in total. The Labute approximate surface area is 267 Å². The lowest BCUT2D eigenvalue weighted by molar-refractivity contribution is -0.132. The van der Waals surface area contributed by atoms with E-state index in [1.807, 2.05) is 17.9 Å². The van der Waals surface area contributed by atoms with Crippen molar-refractivity contribution in [2.24, 2.45) is 22.0 Å². The molecular weight excluding hydrogens is 587 g/mol. The lowest BCUT2D eigenvalue weighted by Crippen LogP contribution is -2.52. The molecule has 2 bridgehead atoms. The Kier molecular flexibility index (Phi) is 8.83. The second-order valence-corrected chi connectivity index (χ2v) is 12.3. The minimum absolute atomic E-state index is 0.165. The number of benzodiazepines with no additional fused rings is 1. The van der Waals surface area contributed by atoms with E-state index in [9.17, 15) is 14.4 Å². The first-order valence-corrected chi connectivity index (χ1v) is 15.6. The number of fused-ring (bicyclic) bond motifs is 5. The van der Waals surface area contributed by atoms with Gasteiger partial charge in [-0.3, -0.25) is 14.5 Å². The average Bonchev–Trinajstić information content (AvgIpc) is 3.44. The molecule has 1 aliphatic carbocycles. The molecule has 4 amide bonds. The summed E-state index contributed by atoms with van der Waals surface area (Å²) in [5.74, 6) is -0.406. The molecule has 1 saturated carbocycles. The number of carbonyl (C=O) groups excluding carboxylic acids is 3. The van der Waals surface area contributed by atoms with Gasteiger partial charge in [0.15, 0.2) is 0 Å². The third-order valence-corrected chi connectivity index (χ3v) is 9.18. The maximum absolute atomic E-state index is 15.3. The van der Waals surface area contributed by atoms with Crippen LogP contribution in [0.15, 0.2) is 76.9 Å². The van der Waals surface area contributed by atoms with Crippen LogP contribution in [0.2, 0.25) is 0 Å². The van der Waals surface area contributed by atoms with Crippen molar-refractivity contribution in [3.8, 4) is 0 Å². The van der Waals surface area contributed by atoms with E-state index in [1.54, 1.807) is 61.5 Å². The Bertz CT molecular complexity index is 1720. The number of urea groups is 1. The zero-order valence-corrected chi connectivity index (χ0v) is 25.9. The van der Waals surface area contributed by atoms with Crippen molar-refractivity contribution in [3.05, 3.63) is 94.8 Å². The second kappa shape index (κ2) is 13.1. The van der Waals surface area contributed by atoms with E-state index in [2.05, 4.69) is 20.8 Å². The fraction of sp³-hybridized carbons (Fsp3) is 0.343. The highest BCUT2D eigenvalue weighted by atomic mass is 19.1. The van der Waals surface area contributed by atoms with Crippen molar-refractivity contribution in [1.82, 2.24) is 10.2 Å². The maximum atomic E-state index is 15.3. The number of benzene rings is 3. The van der Waals surface area contributed by atoms with Crippen LogP contribution in [0.1, 0.15) is 54.9 Å². The average molecular weight is 625 g/mol. The SMILES string of the molecule is CC(=NO)c1cccc(NC(=O)NC2N=C(c3ccccc3F)c3cccc(C)c3N(CC(=O)N3CC4CCC(CC4)C3)C2=O)c1. The number of aliphatic imine (C=N–C) groups is 1. The zero-order valence-electron chi connectivity index (χ0n) is 25.9. The van der Waals surface area contributed by atoms with E-state index in [4.69, 9.17) is 5.21 Å². The van der Waals surface area contributed by atoms with E-state index in [1.165, 1.54) is 11.0 Å². The second-order valence-electron chi connectivity index (χ2n) is 12.3. The Morgan fingerprint density at radius 1 is 0.978 bits per heavy atom. The van der Waals surface area contributed by atoms with E-state index in [-0.39, 0.29) is 23.7 Å². The highest BCUT2D eigenvalue weighted by Gasteiger charge is 2.38. The van der Waals surface area contributed by atoms with Gasteiger partial charge < -0.3 is 20.7 Å². The van der Waals surface area contributed by atoms with Gasteiger partial charge in [-0.15, -0.1) is 0 Å². The molecule has 3 aliphatic heterocycles. The van der Waals surface area contributed by atoms with Crippen LogP contribution in [0.25, 0.3) is 0 Å². The van der Waals surface area contributed by atoms with Gasteiger partial charge in [0.05, 0.1) is 17.1 Å². The smallest absolute Gasteiger partial charge is 0.321 e. The molecule has 46 heavy (non-hydrogen) atoms. The summed E-state index contributed by atoms with van der Waals surface area (Å²) in [7, 11) is 0. The molecule has 1 unspecified atom stereocenters. The van der Waals surface area contributed by atoms with Gasteiger partial charge in [0, 0.05) is 35.5 Å².